The van der Waals surface area contributed by atoms with Crippen LogP contribution in [0.2, 0.25) is 10.0 Å². The Morgan fingerprint density at radius 1 is 0.875 bits per heavy atom. The maximum absolute atomic E-state index is 13.1. The second-order valence-corrected chi connectivity index (χ2v) is 8.85. The van der Waals surface area contributed by atoms with E-state index in [0.717, 1.165) is 0 Å². The van der Waals surface area contributed by atoms with Crippen LogP contribution in [-0.4, -0.2) is 59.7 Å². The second kappa shape index (κ2) is 10.3. The van der Waals surface area contributed by atoms with Gasteiger partial charge in [-0.15, -0.1) is 0 Å². The van der Waals surface area contributed by atoms with E-state index in [2.05, 4.69) is 5.32 Å². The average molecular weight is 480 g/mol. The molecule has 1 fully saturated rings. The third kappa shape index (κ3) is 5.78. The first-order chi connectivity index (χ1) is 15.2. The summed E-state index contributed by atoms with van der Waals surface area (Å²) in [5.74, 6) is -1.45. The molecule has 0 aliphatic carbocycles. The van der Waals surface area contributed by atoms with Crippen molar-refractivity contribution in [2.24, 2.45) is 5.92 Å². The average Bonchev–Trinajstić information content (AvgIpc) is 2.76. The van der Waals surface area contributed by atoms with Crippen molar-refractivity contribution in [2.75, 3.05) is 26.2 Å². The van der Waals surface area contributed by atoms with Crippen LogP contribution in [0.3, 0.4) is 0 Å². The number of halogens is 3. The van der Waals surface area contributed by atoms with Crippen LogP contribution in [-0.2, 0) is 4.79 Å². The molecule has 1 unspecified atom stereocenters. The molecule has 3 amide bonds. The number of piperazine rings is 1. The topological polar surface area (TPSA) is 69.7 Å². The summed E-state index contributed by atoms with van der Waals surface area (Å²) in [4.78, 5) is 41.7. The van der Waals surface area contributed by atoms with Crippen LogP contribution < -0.4 is 5.32 Å². The lowest BCUT2D eigenvalue weighted by atomic mass is 10.0. The third-order valence-electron chi connectivity index (χ3n) is 5.31. The smallest absolute Gasteiger partial charge is 0.254 e. The molecule has 0 radical (unpaired) electrons. The molecule has 1 N–H and O–H groups in total. The van der Waals surface area contributed by atoms with Crippen molar-refractivity contribution in [3.8, 4) is 0 Å². The molecule has 170 valence electrons. The van der Waals surface area contributed by atoms with Gasteiger partial charge in [0.2, 0.25) is 5.91 Å². The van der Waals surface area contributed by atoms with Crippen LogP contribution >= 0.6 is 23.2 Å². The van der Waals surface area contributed by atoms with Crippen LogP contribution in [0.1, 0.15) is 34.6 Å². The quantitative estimate of drug-likeness (QED) is 0.707. The summed E-state index contributed by atoms with van der Waals surface area (Å²) in [6.45, 7) is 5.08. The highest BCUT2D eigenvalue weighted by Crippen LogP contribution is 2.21. The molecule has 1 aliphatic rings. The minimum atomic E-state index is -0.735. The van der Waals surface area contributed by atoms with Gasteiger partial charge >= 0.3 is 0 Å². The van der Waals surface area contributed by atoms with E-state index in [0.29, 0.717) is 41.8 Å². The van der Waals surface area contributed by atoms with Gasteiger partial charge < -0.3 is 15.1 Å². The molecule has 0 aromatic heterocycles. The van der Waals surface area contributed by atoms with Gasteiger partial charge in [-0.1, -0.05) is 37.0 Å². The summed E-state index contributed by atoms with van der Waals surface area (Å²) in [7, 11) is 0. The highest BCUT2D eigenvalue weighted by atomic mass is 35.5. The van der Waals surface area contributed by atoms with E-state index in [1.165, 1.54) is 24.3 Å². The highest BCUT2D eigenvalue weighted by molar-refractivity contribution is 6.35. The third-order valence-corrected chi connectivity index (χ3v) is 5.75. The molecule has 1 saturated heterocycles. The zero-order valence-corrected chi connectivity index (χ0v) is 19.3. The summed E-state index contributed by atoms with van der Waals surface area (Å²) in [5.41, 5.74) is 0.675. The Morgan fingerprint density at radius 3 is 1.94 bits per heavy atom. The largest absolute Gasteiger partial charge is 0.340 e. The van der Waals surface area contributed by atoms with Crippen LogP contribution in [0.15, 0.2) is 42.5 Å². The van der Waals surface area contributed by atoms with E-state index >= 15 is 0 Å². The van der Waals surface area contributed by atoms with Crippen LogP contribution in [0, 0.1) is 11.7 Å². The zero-order chi connectivity index (χ0) is 23.4. The van der Waals surface area contributed by atoms with Gasteiger partial charge in [0, 0.05) is 47.4 Å². The van der Waals surface area contributed by atoms with Gasteiger partial charge in [0.15, 0.2) is 0 Å². The van der Waals surface area contributed by atoms with E-state index in [9.17, 15) is 18.8 Å². The summed E-state index contributed by atoms with van der Waals surface area (Å²) >= 11 is 12.0. The Balaban J connectivity index is 1.62. The van der Waals surface area contributed by atoms with Gasteiger partial charge in [-0.05, 0) is 48.4 Å². The molecule has 0 saturated carbocycles. The number of nitrogens with zero attached hydrogens (tertiary/aromatic N) is 2. The van der Waals surface area contributed by atoms with Crippen LogP contribution in [0.5, 0.6) is 0 Å². The molecule has 6 nitrogen and oxygen atoms in total. The van der Waals surface area contributed by atoms with E-state index in [1.807, 2.05) is 13.8 Å². The minimum absolute atomic E-state index is 0.153. The van der Waals surface area contributed by atoms with E-state index < -0.39 is 17.8 Å². The predicted molar refractivity (Wildman–Crippen MR) is 121 cm³/mol. The molecule has 1 aliphatic heterocycles. The Labute approximate surface area is 196 Å². The number of hydrogen-bond donors (Lipinski definition) is 1. The standard InChI is InChI=1S/C23H24Cl2FN3O3/c1-14(2)20(27-21(30)15-3-5-19(26)6-4-15)23(32)29-9-7-28(8-10-29)22(31)16-11-17(24)13-18(25)12-16/h3-6,11-14,20H,7-10H2,1-2H3,(H,27,30). The predicted octanol–water partition coefficient (Wildman–Crippen LogP) is 3.87. The van der Waals surface area contributed by atoms with E-state index in [1.54, 1.807) is 28.0 Å². The van der Waals surface area contributed by atoms with Crippen molar-refractivity contribution >= 4 is 40.9 Å². The van der Waals surface area contributed by atoms with Gasteiger partial charge in [0.25, 0.3) is 11.8 Å². The molecular formula is C23H24Cl2FN3O3. The van der Waals surface area contributed by atoms with Gasteiger partial charge in [-0.3, -0.25) is 14.4 Å². The fourth-order valence-corrected chi connectivity index (χ4v) is 4.05. The maximum atomic E-state index is 13.1. The van der Waals surface area contributed by atoms with Crippen molar-refractivity contribution in [3.05, 3.63) is 69.5 Å². The summed E-state index contributed by atoms with van der Waals surface area (Å²) in [6, 6.07) is 9.09. The molecule has 32 heavy (non-hydrogen) atoms. The minimum Gasteiger partial charge on any atom is -0.340 e. The fourth-order valence-electron chi connectivity index (χ4n) is 3.53. The number of hydrogen-bond acceptors (Lipinski definition) is 3. The van der Waals surface area contributed by atoms with E-state index in [-0.39, 0.29) is 23.3 Å². The van der Waals surface area contributed by atoms with Crippen molar-refractivity contribution < 1.29 is 18.8 Å². The second-order valence-electron chi connectivity index (χ2n) is 7.98. The molecule has 2 aromatic carbocycles. The Kier molecular flexibility index (Phi) is 7.74. The Morgan fingerprint density at radius 2 is 1.41 bits per heavy atom. The van der Waals surface area contributed by atoms with Crippen molar-refractivity contribution in [1.29, 1.82) is 0 Å². The number of carbonyl (C=O) groups excluding carboxylic acids is 3. The van der Waals surface area contributed by atoms with Gasteiger partial charge in [0.1, 0.15) is 11.9 Å². The van der Waals surface area contributed by atoms with Crippen LogP contribution in [0.4, 0.5) is 4.39 Å². The lowest BCUT2D eigenvalue weighted by Crippen LogP contribution is -2.57. The molecule has 3 rings (SSSR count). The van der Waals surface area contributed by atoms with Gasteiger partial charge in [-0.2, -0.15) is 0 Å². The fraction of sp³-hybridized carbons (Fsp3) is 0.348. The summed E-state index contributed by atoms with van der Waals surface area (Å²) < 4.78 is 13.1. The number of benzene rings is 2. The number of carbonyl (C=O) groups is 3. The molecular weight excluding hydrogens is 456 g/mol. The Bertz CT molecular complexity index is 986. The molecule has 9 heteroatoms. The summed E-state index contributed by atoms with van der Waals surface area (Å²) in [5, 5.41) is 3.52. The molecule has 2 aromatic rings. The van der Waals surface area contributed by atoms with Gasteiger partial charge in [-0.25, -0.2) is 4.39 Å². The first-order valence-corrected chi connectivity index (χ1v) is 11.0. The van der Waals surface area contributed by atoms with Crippen LogP contribution in [0.25, 0.3) is 0 Å². The van der Waals surface area contributed by atoms with Crippen molar-refractivity contribution in [3.63, 3.8) is 0 Å². The molecule has 1 heterocycles. The molecule has 0 spiro atoms. The SMILES string of the molecule is CC(C)C(NC(=O)c1ccc(F)cc1)C(=O)N1CCN(C(=O)c2cc(Cl)cc(Cl)c2)CC1. The lowest BCUT2D eigenvalue weighted by Gasteiger charge is -2.37. The molecule has 1 atom stereocenters. The number of rotatable bonds is 5. The van der Waals surface area contributed by atoms with Crippen molar-refractivity contribution in [2.45, 2.75) is 19.9 Å². The first kappa shape index (κ1) is 24.0. The van der Waals surface area contributed by atoms with Gasteiger partial charge in [0.05, 0.1) is 0 Å². The monoisotopic (exact) mass is 479 g/mol. The zero-order valence-electron chi connectivity index (χ0n) is 17.8. The Hall–Kier alpha value is -2.64. The lowest BCUT2D eigenvalue weighted by molar-refractivity contribution is -0.135. The van der Waals surface area contributed by atoms with Crippen molar-refractivity contribution in [1.82, 2.24) is 15.1 Å². The molecule has 0 bridgehead atoms. The van der Waals surface area contributed by atoms with E-state index in [4.69, 9.17) is 23.2 Å². The summed E-state index contributed by atoms with van der Waals surface area (Å²) in [6.07, 6.45) is 0. The normalized spacial score (nSPS) is 14.9. The number of nitrogens with one attached hydrogen (secondary N) is 1. The number of amides is 3. The first-order valence-electron chi connectivity index (χ1n) is 10.3. The maximum Gasteiger partial charge on any atom is 0.254 e. The highest BCUT2D eigenvalue weighted by Gasteiger charge is 2.32.